The summed E-state index contributed by atoms with van der Waals surface area (Å²) in [6.07, 6.45) is 3.06. The molecule has 0 bridgehead atoms. The standard InChI is InChI=1S/C10H15N3O3/c1-6-7(13-5-4-11-12-13)8-9(14-6)16-10(2,3)15-8/h4-9H,1-3H3/t6-,7+,8-,9-/m1/s1. The van der Waals surface area contributed by atoms with E-state index >= 15 is 0 Å². The highest BCUT2D eigenvalue weighted by Crippen LogP contribution is 2.42. The van der Waals surface area contributed by atoms with Crippen molar-refractivity contribution in [3.05, 3.63) is 12.4 Å². The van der Waals surface area contributed by atoms with Crippen LogP contribution < -0.4 is 0 Å². The molecule has 6 heteroatoms. The molecule has 3 heterocycles. The number of ether oxygens (including phenoxy) is 3. The van der Waals surface area contributed by atoms with Crippen LogP contribution in [0.1, 0.15) is 26.8 Å². The van der Waals surface area contributed by atoms with Crippen LogP contribution >= 0.6 is 0 Å². The third-order valence-electron chi connectivity index (χ3n) is 3.00. The molecular weight excluding hydrogens is 210 g/mol. The molecule has 16 heavy (non-hydrogen) atoms. The summed E-state index contributed by atoms with van der Waals surface area (Å²) in [5.74, 6) is -0.589. The van der Waals surface area contributed by atoms with Gasteiger partial charge in [0.15, 0.2) is 12.1 Å². The highest BCUT2D eigenvalue weighted by molar-refractivity contribution is 4.94. The maximum Gasteiger partial charge on any atom is 0.189 e. The molecule has 3 rings (SSSR count). The molecule has 2 saturated heterocycles. The van der Waals surface area contributed by atoms with E-state index in [1.165, 1.54) is 0 Å². The Hall–Kier alpha value is -0.980. The topological polar surface area (TPSA) is 58.4 Å². The first kappa shape index (κ1) is 10.2. The van der Waals surface area contributed by atoms with E-state index in [-0.39, 0.29) is 24.5 Å². The zero-order chi connectivity index (χ0) is 11.3. The van der Waals surface area contributed by atoms with Gasteiger partial charge in [0.1, 0.15) is 12.1 Å². The molecule has 2 aliphatic rings. The number of rotatable bonds is 1. The molecule has 2 aliphatic heterocycles. The summed E-state index contributed by atoms with van der Waals surface area (Å²) in [6, 6.07) is 0.0225. The molecule has 88 valence electrons. The third kappa shape index (κ3) is 1.45. The van der Waals surface area contributed by atoms with Crippen LogP contribution in [0.2, 0.25) is 0 Å². The van der Waals surface area contributed by atoms with Gasteiger partial charge in [-0.2, -0.15) is 0 Å². The highest BCUT2D eigenvalue weighted by Gasteiger charge is 2.54. The van der Waals surface area contributed by atoms with Crippen molar-refractivity contribution >= 4 is 0 Å². The Kier molecular flexibility index (Phi) is 2.07. The lowest BCUT2D eigenvalue weighted by molar-refractivity contribution is -0.207. The second-order valence-electron chi connectivity index (χ2n) is 4.68. The Labute approximate surface area is 93.5 Å². The van der Waals surface area contributed by atoms with E-state index in [4.69, 9.17) is 14.2 Å². The number of hydrogen-bond donors (Lipinski definition) is 0. The van der Waals surface area contributed by atoms with Gasteiger partial charge in [-0.05, 0) is 20.8 Å². The van der Waals surface area contributed by atoms with E-state index in [1.807, 2.05) is 27.0 Å². The average Bonchev–Trinajstić information content (AvgIpc) is 2.79. The predicted octanol–water partition coefficient (Wildman–Crippen LogP) is 0.715. The van der Waals surface area contributed by atoms with Crippen LogP contribution in [0, 0.1) is 0 Å². The minimum absolute atomic E-state index is 0.00722. The highest BCUT2D eigenvalue weighted by atomic mass is 16.8. The lowest BCUT2D eigenvalue weighted by atomic mass is 10.1. The average molecular weight is 225 g/mol. The first-order chi connectivity index (χ1) is 7.57. The van der Waals surface area contributed by atoms with Crippen LogP contribution in [0.15, 0.2) is 12.4 Å². The molecule has 1 aromatic rings. The first-order valence-electron chi connectivity index (χ1n) is 5.44. The third-order valence-corrected chi connectivity index (χ3v) is 3.00. The Balaban J connectivity index is 1.89. The maximum absolute atomic E-state index is 5.84. The van der Waals surface area contributed by atoms with Crippen LogP contribution in [0.3, 0.4) is 0 Å². The summed E-state index contributed by atoms with van der Waals surface area (Å²) in [6.45, 7) is 5.76. The van der Waals surface area contributed by atoms with Crippen molar-refractivity contribution in [1.29, 1.82) is 0 Å². The van der Waals surface area contributed by atoms with Gasteiger partial charge >= 0.3 is 0 Å². The first-order valence-corrected chi connectivity index (χ1v) is 5.44. The molecule has 6 nitrogen and oxygen atoms in total. The van der Waals surface area contributed by atoms with Crippen LogP contribution in [0.4, 0.5) is 0 Å². The minimum atomic E-state index is -0.589. The van der Waals surface area contributed by atoms with Gasteiger partial charge in [0.2, 0.25) is 0 Å². The summed E-state index contributed by atoms with van der Waals surface area (Å²) in [5.41, 5.74) is 0. The van der Waals surface area contributed by atoms with E-state index in [1.54, 1.807) is 10.9 Å². The monoisotopic (exact) mass is 225 g/mol. The van der Waals surface area contributed by atoms with Crippen molar-refractivity contribution in [1.82, 2.24) is 15.0 Å². The molecule has 0 amide bonds. The van der Waals surface area contributed by atoms with E-state index in [9.17, 15) is 0 Å². The molecule has 0 spiro atoms. The van der Waals surface area contributed by atoms with Gasteiger partial charge in [-0.25, -0.2) is 4.68 Å². The molecule has 0 saturated carbocycles. The summed E-state index contributed by atoms with van der Waals surface area (Å²) in [7, 11) is 0. The number of aromatic nitrogens is 3. The largest absolute Gasteiger partial charge is 0.344 e. The normalized spacial score (nSPS) is 41.2. The van der Waals surface area contributed by atoms with Crippen molar-refractivity contribution in [2.45, 2.75) is 51.1 Å². The molecule has 2 fully saturated rings. The van der Waals surface area contributed by atoms with Gasteiger partial charge in [0, 0.05) is 6.20 Å². The van der Waals surface area contributed by atoms with Gasteiger partial charge in [0.05, 0.1) is 12.3 Å². The lowest BCUT2D eigenvalue weighted by Gasteiger charge is -2.23. The molecule has 4 atom stereocenters. The Morgan fingerprint density at radius 1 is 1.31 bits per heavy atom. The van der Waals surface area contributed by atoms with E-state index in [2.05, 4.69) is 10.3 Å². The quantitative estimate of drug-likeness (QED) is 0.704. The zero-order valence-electron chi connectivity index (χ0n) is 9.53. The number of nitrogens with zero attached hydrogens (tertiary/aromatic N) is 3. The van der Waals surface area contributed by atoms with Crippen molar-refractivity contribution in [3.8, 4) is 0 Å². The smallest absolute Gasteiger partial charge is 0.189 e. The van der Waals surface area contributed by atoms with Gasteiger partial charge in [-0.15, -0.1) is 5.10 Å². The predicted molar refractivity (Wildman–Crippen MR) is 53.4 cm³/mol. The van der Waals surface area contributed by atoms with Crippen molar-refractivity contribution < 1.29 is 14.2 Å². The summed E-state index contributed by atoms with van der Waals surface area (Å²) < 4.78 is 19.0. The van der Waals surface area contributed by atoms with Crippen LogP contribution in [0.5, 0.6) is 0 Å². The van der Waals surface area contributed by atoms with Crippen molar-refractivity contribution in [2.24, 2.45) is 0 Å². The fraction of sp³-hybridized carbons (Fsp3) is 0.800. The second-order valence-corrected chi connectivity index (χ2v) is 4.68. The molecule has 0 radical (unpaired) electrons. The summed E-state index contributed by atoms with van der Waals surface area (Å²) in [5, 5.41) is 7.82. The van der Waals surface area contributed by atoms with E-state index < -0.39 is 5.79 Å². The molecule has 0 aliphatic carbocycles. The molecule has 0 unspecified atom stereocenters. The molecular formula is C10H15N3O3. The van der Waals surface area contributed by atoms with Crippen LogP contribution in [0.25, 0.3) is 0 Å². The minimum Gasteiger partial charge on any atom is -0.344 e. The van der Waals surface area contributed by atoms with Gasteiger partial charge in [0.25, 0.3) is 0 Å². The van der Waals surface area contributed by atoms with Crippen LogP contribution in [-0.4, -0.2) is 39.3 Å². The van der Waals surface area contributed by atoms with E-state index in [0.717, 1.165) is 0 Å². The van der Waals surface area contributed by atoms with Crippen molar-refractivity contribution in [2.75, 3.05) is 0 Å². The maximum atomic E-state index is 5.84. The van der Waals surface area contributed by atoms with Gasteiger partial charge in [-0.1, -0.05) is 5.21 Å². The van der Waals surface area contributed by atoms with E-state index in [0.29, 0.717) is 0 Å². The molecule has 1 aromatic heterocycles. The SMILES string of the molecule is C[C@H]1O[C@@H]2OC(C)(C)O[C@@H]2[C@H]1n1ccnn1. The summed E-state index contributed by atoms with van der Waals surface area (Å²) in [4.78, 5) is 0. The van der Waals surface area contributed by atoms with Gasteiger partial charge < -0.3 is 14.2 Å². The Morgan fingerprint density at radius 2 is 2.12 bits per heavy atom. The van der Waals surface area contributed by atoms with Gasteiger partial charge in [-0.3, -0.25) is 0 Å². The molecule has 0 aromatic carbocycles. The number of fused-ring (bicyclic) bond motifs is 1. The van der Waals surface area contributed by atoms with Crippen LogP contribution in [-0.2, 0) is 14.2 Å². The summed E-state index contributed by atoms with van der Waals surface area (Å²) >= 11 is 0. The fourth-order valence-corrected chi connectivity index (χ4v) is 2.39. The Bertz CT molecular complexity index is 379. The molecule has 0 N–H and O–H groups in total. The zero-order valence-corrected chi connectivity index (χ0v) is 9.53. The lowest BCUT2D eigenvalue weighted by Crippen LogP contribution is -2.31. The fourth-order valence-electron chi connectivity index (χ4n) is 2.39. The van der Waals surface area contributed by atoms with Crippen molar-refractivity contribution in [3.63, 3.8) is 0 Å². The number of hydrogen-bond acceptors (Lipinski definition) is 5. The second kappa shape index (κ2) is 3.26. The Morgan fingerprint density at radius 3 is 2.81 bits per heavy atom.